The molecule has 0 aromatic heterocycles. The Balaban J connectivity index is 3.25. The van der Waals surface area contributed by atoms with Crippen LogP contribution < -0.4 is 11.5 Å². The van der Waals surface area contributed by atoms with Crippen molar-refractivity contribution in [2.75, 3.05) is 6.54 Å². The average molecular weight is 242 g/mol. The van der Waals surface area contributed by atoms with E-state index in [9.17, 15) is 0 Å². The van der Waals surface area contributed by atoms with Crippen molar-refractivity contribution in [3.05, 3.63) is 0 Å². The Hall–Kier alpha value is -0.0800. The fourth-order valence-electron chi connectivity index (χ4n) is 1.99. The van der Waals surface area contributed by atoms with Crippen LogP contribution in [0.1, 0.15) is 79.1 Å². The molecule has 0 aromatic carbocycles. The second-order valence-electron chi connectivity index (χ2n) is 6.98. The van der Waals surface area contributed by atoms with Gasteiger partial charge in [-0.1, -0.05) is 52.4 Å². The lowest BCUT2D eigenvalue weighted by atomic mass is 9.87. The molecule has 0 amide bonds. The zero-order valence-electron chi connectivity index (χ0n) is 12.5. The molecule has 0 aliphatic heterocycles. The lowest BCUT2D eigenvalue weighted by Gasteiger charge is -2.21. The van der Waals surface area contributed by atoms with E-state index in [2.05, 4.69) is 27.7 Å². The molecule has 0 aromatic rings. The van der Waals surface area contributed by atoms with E-state index in [1.54, 1.807) is 0 Å². The third-order valence-corrected chi connectivity index (χ3v) is 3.48. The first kappa shape index (κ1) is 16.9. The molecule has 0 bridgehead atoms. The van der Waals surface area contributed by atoms with Crippen molar-refractivity contribution in [3.63, 3.8) is 0 Å². The van der Waals surface area contributed by atoms with Gasteiger partial charge in [0.15, 0.2) is 0 Å². The largest absolute Gasteiger partial charge is 0.330 e. The molecule has 0 aliphatic carbocycles. The Kier molecular flexibility index (Phi) is 8.06. The monoisotopic (exact) mass is 242 g/mol. The Morgan fingerprint density at radius 3 is 1.53 bits per heavy atom. The van der Waals surface area contributed by atoms with Crippen LogP contribution in [0, 0.1) is 5.41 Å². The van der Waals surface area contributed by atoms with Gasteiger partial charge in [0.1, 0.15) is 0 Å². The van der Waals surface area contributed by atoms with Crippen LogP contribution in [0.3, 0.4) is 0 Å². The molecule has 0 rings (SSSR count). The second-order valence-corrected chi connectivity index (χ2v) is 6.98. The summed E-state index contributed by atoms with van der Waals surface area (Å²) in [6.45, 7) is 9.55. The van der Waals surface area contributed by atoms with E-state index in [-0.39, 0.29) is 5.54 Å². The predicted molar refractivity (Wildman–Crippen MR) is 78.0 cm³/mol. The maximum absolute atomic E-state index is 5.95. The summed E-state index contributed by atoms with van der Waals surface area (Å²) in [6, 6.07) is 0. The summed E-state index contributed by atoms with van der Waals surface area (Å²) in [5.74, 6) is 0. The first-order chi connectivity index (χ1) is 7.77. The SMILES string of the molecule is CC(C)(N)CCCCCCCCC(C)(C)CN. The number of unbranched alkanes of at least 4 members (excludes halogenated alkanes) is 5. The standard InChI is InChI=1S/C15H34N2/c1-14(2,13-16)11-9-7-5-6-8-10-12-15(3,4)17/h5-13,16-17H2,1-4H3. The van der Waals surface area contributed by atoms with Crippen molar-refractivity contribution in [2.24, 2.45) is 16.9 Å². The maximum Gasteiger partial charge on any atom is 0.00970 e. The summed E-state index contributed by atoms with van der Waals surface area (Å²) in [7, 11) is 0. The molecule has 0 atom stereocenters. The second kappa shape index (κ2) is 8.10. The molecule has 0 saturated heterocycles. The van der Waals surface area contributed by atoms with E-state index in [0.717, 1.165) is 13.0 Å². The topological polar surface area (TPSA) is 52.0 Å². The number of hydrogen-bond donors (Lipinski definition) is 2. The molecule has 2 heteroatoms. The highest BCUT2D eigenvalue weighted by atomic mass is 14.7. The highest BCUT2D eigenvalue weighted by Crippen LogP contribution is 2.22. The Labute approximate surface area is 109 Å². The predicted octanol–water partition coefficient (Wildman–Crippen LogP) is 3.83. The van der Waals surface area contributed by atoms with E-state index in [0.29, 0.717) is 5.41 Å². The first-order valence-electron chi connectivity index (χ1n) is 7.26. The van der Waals surface area contributed by atoms with Crippen LogP contribution in [-0.4, -0.2) is 12.1 Å². The van der Waals surface area contributed by atoms with Crippen LogP contribution in [0.25, 0.3) is 0 Å². The molecule has 0 radical (unpaired) electrons. The van der Waals surface area contributed by atoms with Gasteiger partial charge in [-0.25, -0.2) is 0 Å². The molecule has 0 saturated carbocycles. The zero-order valence-corrected chi connectivity index (χ0v) is 12.5. The lowest BCUT2D eigenvalue weighted by Crippen LogP contribution is -2.31. The highest BCUT2D eigenvalue weighted by molar-refractivity contribution is 4.71. The molecular weight excluding hydrogens is 208 g/mol. The molecule has 0 heterocycles. The van der Waals surface area contributed by atoms with Crippen LogP contribution >= 0.6 is 0 Å². The number of hydrogen-bond acceptors (Lipinski definition) is 2. The van der Waals surface area contributed by atoms with E-state index in [1.807, 2.05) is 0 Å². The summed E-state index contributed by atoms with van der Waals surface area (Å²) in [5, 5.41) is 0. The molecular formula is C15H34N2. The van der Waals surface area contributed by atoms with Gasteiger partial charge in [-0.05, 0) is 38.6 Å². The maximum atomic E-state index is 5.95. The van der Waals surface area contributed by atoms with Crippen LogP contribution in [0.5, 0.6) is 0 Å². The van der Waals surface area contributed by atoms with Crippen LogP contribution in [0.2, 0.25) is 0 Å². The smallest absolute Gasteiger partial charge is 0.00970 e. The van der Waals surface area contributed by atoms with Gasteiger partial charge < -0.3 is 11.5 Å². The van der Waals surface area contributed by atoms with Crippen molar-refractivity contribution in [3.8, 4) is 0 Å². The molecule has 0 unspecified atom stereocenters. The van der Waals surface area contributed by atoms with Gasteiger partial charge in [-0.3, -0.25) is 0 Å². The minimum atomic E-state index is 0.0190. The highest BCUT2D eigenvalue weighted by Gasteiger charge is 2.14. The van der Waals surface area contributed by atoms with E-state index < -0.39 is 0 Å². The van der Waals surface area contributed by atoms with E-state index in [1.165, 1.54) is 44.9 Å². The zero-order chi connectivity index (χ0) is 13.4. The van der Waals surface area contributed by atoms with Crippen molar-refractivity contribution < 1.29 is 0 Å². The lowest BCUT2D eigenvalue weighted by molar-refractivity contribution is 0.329. The van der Waals surface area contributed by atoms with E-state index in [4.69, 9.17) is 11.5 Å². The van der Waals surface area contributed by atoms with Gasteiger partial charge in [0, 0.05) is 5.54 Å². The molecule has 104 valence electrons. The summed E-state index contributed by atoms with van der Waals surface area (Å²) in [4.78, 5) is 0. The Morgan fingerprint density at radius 2 is 1.12 bits per heavy atom. The fraction of sp³-hybridized carbons (Fsp3) is 1.00. The molecule has 2 nitrogen and oxygen atoms in total. The third-order valence-electron chi connectivity index (χ3n) is 3.48. The molecule has 0 aliphatic rings. The number of nitrogens with two attached hydrogens (primary N) is 2. The Morgan fingerprint density at radius 1 is 0.706 bits per heavy atom. The van der Waals surface area contributed by atoms with Gasteiger partial charge >= 0.3 is 0 Å². The van der Waals surface area contributed by atoms with E-state index >= 15 is 0 Å². The van der Waals surface area contributed by atoms with Gasteiger partial charge in [-0.15, -0.1) is 0 Å². The fourth-order valence-corrected chi connectivity index (χ4v) is 1.99. The van der Waals surface area contributed by atoms with Gasteiger partial charge in [0.25, 0.3) is 0 Å². The van der Waals surface area contributed by atoms with Crippen LogP contribution in [-0.2, 0) is 0 Å². The molecule has 4 N–H and O–H groups in total. The molecule has 0 spiro atoms. The molecule has 17 heavy (non-hydrogen) atoms. The van der Waals surface area contributed by atoms with Crippen LogP contribution in [0.4, 0.5) is 0 Å². The first-order valence-corrected chi connectivity index (χ1v) is 7.26. The summed E-state index contributed by atoms with van der Waals surface area (Å²) < 4.78 is 0. The third kappa shape index (κ3) is 12.2. The van der Waals surface area contributed by atoms with Crippen molar-refractivity contribution >= 4 is 0 Å². The summed E-state index contributed by atoms with van der Waals surface area (Å²) >= 11 is 0. The van der Waals surface area contributed by atoms with Gasteiger partial charge in [-0.2, -0.15) is 0 Å². The minimum Gasteiger partial charge on any atom is -0.330 e. The average Bonchev–Trinajstić information content (AvgIpc) is 2.20. The van der Waals surface area contributed by atoms with Gasteiger partial charge in [0.05, 0.1) is 0 Å². The van der Waals surface area contributed by atoms with Crippen molar-refractivity contribution in [1.29, 1.82) is 0 Å². The van der Waals surface area contributed by atoms with Crippen molar-refractivity contribution in [1.82, 2.24) is 0 Å². The van der Waals surface area contributed by atoms with Crippen molar-refractivity contribution in [2.45, 2.75) is 84.6 Å². The quantitative estimate of drug-likeness (QED) is 0.572. The summed E-state index contributed by atoms with van der Waals surface area (Å²) in [6.07, 6.45) is 10.4. The minimum absolute atomic E-state index is 0.0190. The van der Waals surface area contributed by atoms with Gasteiger partial charge in [0.2, 0.25) is 0 Å². The van der Waals surface area contributed by atoms with Crippen LogP contribution in [0.15, 0.2) is 0 Å². The summed E-state index contributed by atoms with van der Waals surface area (Å²) in [5.41, 5.74) is 12.0. The Bertz CT molecular complexity index is 180. The molecule has 0 fully saturated rings. The number of rotatable bonds is 10. The normalized spacial score (nSPS) is 13.1.